The van der Waals surface area contributed by atoms with E-state index in [2.05, 4.69) is 22.0 Å². The van der Waals surface area contributed by atoms with Gasteiger partial charge in [-0.1, -0.05) is 54.6 Å². The molecule has 2 unspecified atom stereocenters. The smallest absolute Gasteiger partial charge is 0.261 e. The molecule has 6 heteroatoms. The van der Waals surface area contributed by atoms with Gasteiger partial charge in [-0.3, -0.25) is 19.4 Å². The number of carbonyl (C=O) groups is 2. The number of benzene rings is 3. The molecule has 0 saturated carbocycles. The van der Waals surface area contributed by atoms with Crippen molar-refractivity contribution in [3.05, 3.63) is 106 Å². The summed E-state index contributed by atoms with van der Waals surface area (Å²) in [5, 5.41) is 12.4. The van der Waals surface area contributed by atoms with Crippen molar-refractivity contribution >= 4 is 22.7 Å². The molecule has 2 aliphatic heterocycles. The highest BCUT2D eigenvalue weighted by Gasteiger charge is 2.39. The van der Waals surface area contributed by atoms with Crippen LogP contribution in [-0.2, 0) is 6.42 Å². The van der Waals surface area contributed by atoms with Crippen LogP contribution in [0.1, 0.15) is 55.2 Å². The van der Waals surface area contributed by atoms with Crippen LogP contribution in [-0.4, -0.2) is 51.3 Å². The molecule has 3 heterocycles. The molecule has 1 aromatic heterocycles. The Labute approximate surface area is 203 Å². The molecule has 0 saturated heterocycles. The minimum Gasteiger partial charge on any atom is -0.387 e. The van der Waals surface area contributed by atoms with Crippen LogP contribution in [0.3, 0.4) is 0 Å². The van der Waals surface area contributed by atoms with Crippen molar-refractivity contribution in [2.45, 2.75) is 25.5 Å². The molecular weight excluding hydrogens is 438 g/mol. The van der Waals surface area contributed by atoms with Crippen LogP contribution < -0.4 is 0 Å². The van der Waals surface area contributed by atoms with Crippen molar-refractivity contribution in [3.63, 3.8) is 0 Å². The molecule has 176 valence electrons. The summed E-state index contributed by atoms with van der Waals surface area (Å²) in [5.74, 6) is -0.497. The molecule has 0 fully saturated rings. The number of imide groups is 1. The van der Waals surface area contributed by atoms with Gasteiger partial charge in [-0.2, -0.15) is 0 Å². The van der Waals surface area contributed by atoms with Gasteiger partial charge in [0.2, 0.25) is 0 Å². The second-order valence-electron chi connectivity index (χ2n) is 9.45. The molecule has 2 N–H and O–H groups in total. The molecule has 0 bridgehead atoms. The second kappa shape index (κ2) is 8.48. The number of aliphatic hydroxyl groups excluding tert-OH is 1. The van der Waals surface area contributed by atoms with Crippen molar-refractivity contribution < 1.29 is 14.7 Å². The van der Waals surface area contributed by atoms with E-state index in [1.165, 1.54) is 10.5 Å². The van der Waals surface area contributed by atoms with Gasteiger partial charge in [0, 0.05) is 41.8 Å². The van der Waals surface area contributed by atoms with Crippen LogP contribution in [0.4, 0.5) is 0 Å². The summed E-state index contributed by atoms with van der Waals surface area (Å²) in [4.78, 5) is 33.2. The average Bonchev–Trinajstić information content (AvgIpc) is 3.34. The molecule has 2 aliphatic rings. The fourth-order valence-corrected chi connectivity index (χ4v) is 5.75. The minimum atomic E-state index is -0.707. The quantitative estimate of drug-likeness (QED) is 0.428. The lowest BCUT2D eigenvalue weighted by Crippen LogP contribution is -2.45. The molecular formula is C29H27N3O3. The number of aromatic amines is 1. The zero-order chi connectivity index (χ0) is 24.1. The number of fused-ring (bicyclic) bond motifs is 3. The Morgan fingerprint density at radius 1 is 0.943 bits per heavy atom. The number of H-pyrrole nitrogens is 1. The summed E-state index contributed by atoms with van der Waals surface area (Å²) in [5.41, 5.74) is 6.11. The number of rotatable bonds is 5. The van der Waals surface area contributed by atoms with Gasteiger partial charge in [-0.25, -0.2) is 0 Å². The molecule has 2 amide bonds. The molecule has 35 heavy (non-hydrogen) atoms. The van der Waals surface area contributed by atoms with Crippen molar-refractivity contribution in [3.8, 4) is 0 Å². The Kier molecular flexibility index (Phi) is 5.28. The largest absolute Gasteiger partial charge is 0.387 e. The SMILES string of the molecule is Cc1[nH]c2ccccc2c1C(O)CN1CCc2ccccc2C1CN1C(=O)c2ccccc2C1=O. The number of hydrogen-bond acceptors (Lipinski definition) is 4. The van der Waals surface area contributed by atoms with Gasteiger partial charge in [0.25, 0.3) is 11.8 Å². The molecule has 0 spiro atoms. The maximum Gasteiger partial charge on any atom is 0.261 e. The van der Waals surface area contributed by atoms with Crippen LogP contribution in [0.5, 0.6) is 0 Å². The standard InChI is InChI=1S/C29H27N3O3/c1-18-27(23-12-6-7-13-24(23)30-18)26(33)17-31-15-14-19-8-2-3-9-20(19)25(31)16-32-28(34)21-10-4-5-11-22(21)29(32)35/h2-13,25-26,30,33H,14-17H2,1H3. The predicted octanol–water partition coefficient (Wildman–Crippen LogP) is 4.41. The maximum absolute atomic E-state index is 13.1. The summed E-state index contributed by atoms with van der Waals surface area (Å²) in [7, 11) is 0. The first-order valence-corrected chi connectivity index (χ1v) is 12.0. The van der Waals surface area contributed by atoms with Crippen LogP contribution in [0.25, 0.3) is 10.9 Å². The lowest BCUT2D eigenvalue weighted by molar-refractivity contribution is 0.0488. The summed E-state index contributed by atoms with van der Waals surface area (Å²) < 4.78 is 0. The molecule has 6 rings (SSSR count). The number of nitrogens with zero attached hydrogens (tertiary/aromatic N) is 2. The predicted molar refractivity (Wildman–Crippen MR) is 134 cm³/mol. The fraction of sp³-hybridized carbons (Fsp3) is 0.241. The summed E-state index contributed by atoms with van der Waals surface area (Å²) in [6, 6.07) is 23.0. The highest BCUT2D eigenvalue weighted by atomic mass is 16.3. The summed E-state index contributed by atoms with van der Waals surface area (Å²) >= 11 is 0. The third kappa shape index (κ3) is 3.57. The zero-order valence-corrected chi connectivity index (χ0v) is 19.6. The number of carbonyl (C=O) groups excluding carboxylic acids is 2. The molecule has 0 radical (unpaired) electrons. The number of nitrogens with one attached hydrogen (secondary N) is 1. The number of aryl methyl sites for hydroxylation is 1. The summed E-state index contributed by atoms with van der Waals surface area (Å²) in [6.45, 7) is 3.39. The lowest BCUT2D eigenvalue weighted by Gasteiger charge is -2.39. The van der Waals surface area contributed by atoms with Crippen LogP contribution >= 0.6 is 0 Å². The van der Waals surface area contributed by atoms with E-state index >= 15 is 0 Å². The molecule has 4 aromatic rings. The van der Waals surface area contributed by atoms with Crippen molar-refractivity contribution in [1.29, 1.82) is 0 Å². The molecule has 0 aliphatic carbocycles. The average molecular weight is 466 g/mol. The van der Waals surface area contributed by atoms with Crippen molar-refractivity contribution in [2.24, 2.45) is 0 Å². The summed E-state index contributed by atoms with van der Waals surface area (Å²) in [6.07, 6.45) is 0.148. The first kappa shape index (κ1) is 21.8. The van der Waals surface area contributed by atoms with E-state index < -0.39 is 6.10 Å². The topological polar surface area (TPSA) is 76.6 Å². The number of para-hydroxylation sites is 1. The van der Waals surface area contributed by atoms with Crippen molar-refractivity contribution in [2.75, 3.05) is 19.6 Å². The Bertz CT molecular complexity index is 1420. The molecule has 3 aromatic carbocycles. The second-order valence-corrected chi connectivity index (χ2v) is 9.45. The first-order valence-electron chi connectivity index (χ1n) is 12.0. The van der Waals surface area contributed by atoms with E-state index in [-0.39, 0.29) is 24.4 Å². The maximum atomic E-state index is 13.1. The van der Waals surface area contributed by atoms with E-state index in [1.807, 2.05) is 43.3 Å². The third-order valence-corrected chi connectivity index (χ3v) is 7.44. The Balaban J connectivity index is 1.33. The van der Waals surface area contributed by atoms with Gasteiger partial charge >= 0.3 is 0 Å². The van der Waals surface area contributed by atoms with Gasteiger partial charge in [-0.05, 0) is 42.7 Å². The highest BCUT2D eigenvalue weighted by molar-refractivity contribution is 6.21. The van der Waals surface area contributed by atoms with Crippen molar-refractivity contribution in [1.82, 2.24) is 14.8 Å². The Morgan fingerprint density at radius 2 is 1.60 bits per heavy atom. The molecule has 6 nitrogen and oxygen atoms in total. The first-order chi connectivity index (χ1) is 17.0. The van der Waals surface area contributed by atoms with Gasteiger partial charge in [-0.15, -0.1) is 0 Å². The van der Waals surface area contributed by atoms with E-state index in [0.29, 0.717) is 17.7 Å². The van der Waals surface area contributed by atoms with E-state index in [4.69, 9.17) is 0 Å². The third-order valence-electron chi connectivity index (χ3n) is 7.44. The number of aromatic nitrogens is 1. The van der Waals surface area contributed by atoms with Crippen LogP contribution in [0.2, 0.25) is 0 Å². The van der Waals surface area contributed by atoms with Gasteiger partial charge in [0.15, 0.2) is 0 Å². The Morgan fingerprint density at radius 3 is 2.37 bits per heavy atom. The van der Waals surface area contributed by atoms with E-state index in [9.17, 15) is 14.7 Å². The zero-order valence-electron chi connectivity index (χ0n) is 19.6. The number of amides is 2. The number of β-amino-alcohol motifs (C(OH)–C–C–N with tert-alkyl or cyclic N) is 1. The minimum absolute atomic E-state index is 0.192. The van der Waals surface area contributed by atoms with Gasteiger partial charge in [0.05, 0.1) is 23.3 Å². The van der Waals surface area contributed by atoms with Crippen LogP contribution in [0.15, 0.2) is 72.8 Å². The highest BCUT2D eigenvalue weighted by Crippen LogP contribution is 2.36. The normalized spacial score (nSPS) is 18.7. The lowest BCUT2D eigenvalue weighted by atomic mass is 9.91. The number of aliphatic hydroxyl groups is 1. The Hall–Kier alpha value is -3.74. The van der Waals surface area contributed by atoms with Crippen LogP contribution in [0, 0.1) is 6.92 Å². The van der Waals surface area contributed by atoms with E-state index in [0.717, 1.165) is 40.7 Å². The van der Waals surface area contributed by atoms with Gasteiger partial charge in [0.1, 0.15) is 0 Å². The monoisotopic (exact) mass is 465 g/mol. The van der Waals surface area contributed by atoms with E-state index in [1.54, 1.807) is 24.3 Å². The van der Waals surface area contributed by atoms with Gasteiger partial charge < -0.3 is 10.1 Å². The number of hydrogen-bond donors (Lipinski definition) is 2. The molecule has 2 atom stereocenters. The fourth-order valence-electron chi connectivity index (χ4n) is 5.75.